The van der Waals surface area contributed by atoms with Gasteiger partial charge in [0, 0.05) is 24.7 Å². The Hall–Kier alpha value is -3.12. The highest BCUT2D eigenvalue weighted by atomic mass is 19.4. The van der Waals surface area contributed by atoms with E-state index >= 15 is 0 Å². The molecule has 1 heterocycles. The fourth-order valence-electron chi connectivity index (χ4n) is 3.63. The maximum atomic E-state index is 12.0. The van der Waals surface area contributed by atoms with E-state index in [-0.39, 0.29) is 18.9 Å². The van der Waals surface area contributed by atoms with Gasteiger partial charge in [-0.2, -0.15) is 13.2 Å². The van der Waals surface area contributed by atoms with Crippen LogP contribution in [0, 0.1) is 0 Å². The number of unbranched alkanes of at least 4 members (excludes halogenated alkanes) is 12. The Kier molecular flexibility index (Phi) is 20.0. The summed E-state index contributed by atoms with van der Waals surface area (Å²) in [6, 6.07) is -1.07. The van der Waals surface area contributed by atoms with Crippen molar-refractivity contribution in [2.45, 2.75) is 115 Å². The molecule has 5 N–H and O–H groups in total. The van der Waals surface area contributed by atoms with Crippen LogP contribution in [0.25, 0.3) is 0 Å². The van der Waals surface area contributed by atoms with Crippen molar-refractivity contribution in [3.8, 4) is 0 Å². The summed E-state index contributed by atoms with van der Waals surface area (Å²) < 4.78 is 31.7. The number of aliphatic carboxylic acids is 2. The van der Waals surface area contributed by atoms with Crippen LogP contribution in [0.3, 0.4) is 0 Å². The van der Waals surface area contributed by atoms with E-state index < -0.39 is 30.1 Å². The first kappa shape index (κ1) is 35.9. The number of aromatic amines is 1. The van der Waals surface area contributed by atoms with Gasteiger partial charge >= 0.3 is 18.1 Å². The molecule has 224 valence electrons. The third-order valence-electron chi connectivity index (χ3n) is 5.81. The molecule has 1 atom stereocenters. The van der Waals surface area contributed by atoms with Gasteiger partial charge in [0.2, 0.25) is 11.8 Å². The molecule has 0 spiro atoms. The highest BCUT2D eigenvalue weighted by molar-refractivity contribution is 5.87. The lowest BCUT2D eigenvalue weighted by molar-refractivity contribution is -0.192. The quantitative estimate of drug-likeness (QED) is 0.143. The zero-order valence-corrected chi connectivity index (χ0v) is 22.7. The van der Waals surface area contributed by atoms with Crippen LogP contribution in [0.15, 0.2) is 12.5 Å². The Morgan fingerprint density at radius 2 is 1.36 bits per heavy atom. The minimum absolute atomic E-state index is 0.105. The maximum absolute atomic E-state index is 12.0. The van der Waals surface area contributed by atoms with Crippen molar-refractivity contribution >= 4 is 23.8 Å². The Balaban J connectivity index is 0.00000181. The first-order chi connectivity index (χ1) is 18.5. The van der Waals surface area contributed by atoms with Crippen LogP contribution in [0.5, 0.6) is 0 Å². The first-order valence-electron chi connectivity index (χ1n) is 13.5. The highest BCUT2D eigenvalue weighted by Gasteiger charge is 2.38. The van der Waals surface area contributed by atoms with Crippen LogP contribution >= 0.6 is 0 Å². The second-order valence-electron chi connectivity index (χ2n) is 9.31. The minimum Gasteiger partial charge on any atom is -0.480 e. The van der Waals surface area contributed by atoms with Crippen molar-refractivity contribution in [3.63, 3.8) is 0 Å². The summed E-state index contributed by atoms with van der Waals surface area (Å²) in [7, 11) is 0. The number of hydrogen-bond acceptors (Lipinski definition) is 5. The molecule has 0 bridgehead atoms. The monoisotopic (exact) mass is 564 g/mol. The van der Waals surface area contributed by atoms with Crippen molar-refractivity contribution in [2.24, 2.45) is 0 Å². The average molecular weight is 565 g/mol. The van der Waals surface area contributed by atoms with Crippen LogP contribution in [0.1, 0.15) is 103 Å². The Labute approximate surface area is 227 Å². The van der Waals surface area contributed by atoms with Crippen molar-refractivity contribution < 1.29 is 42.6 Å². The largest absolute Gasteiger partial charge is 0.490 e. The van der Waals surface area contributed by atoms with Crippen LogP contribution in [0.2, 0.25) is 0 Å². The number of imidazole rings is 1. The van der Waals surface area contributed by atoms with Gasteiger partial charge in [-0.3, -0.25) is 9.59 Å². The van der Waals surface area contributed by atoms with Crippen molar-refractivity contribution in [1.82, 2.24) is 20.6 Å². The summed E-state index contributed by atoms with van der Waals surface area (Å²) in [5.41, 5.74) is 0.615. The normalized spacial score (nSPS) is 11.7. The van der Waals surface area contributed by atoms with E-state index in [1.54, 1.807) is 0 Å². The Bertz CT molecular complexity index is 819. The molecule has 2 amide bonds. The predicted molar refractivity (Wildman–Crippen MR) is 139 cm³/mol. The van der Waals surface area contributed by atoms with Gasteiger partial charge in [0.1, 0.15) is 6.04 Å². The van der Waals surface area contributed by atoms with Gasteiger partial charge in [0.25, 0.3) is 0 Å². The van der Waals surface area contributed by atoms with Crippen molar-refractivity contribution in [3.05, 3.63) is 18.2 Å². The molecule has 13 heteroatoms. The molecule has 39 heavy (non-hydrogen) atoms. The van der Waals surface area contributed by atoms with Gasteiger partial charge < -0.3 is 25.8 Å². The molecule has 0 unspecified atom stereocenters. The second-order valence-corrected chi connectivity index (χ2v) is 9.31. The lowest BCUT2D eigenvalue weighted by Crippen LogP contribution is -2.46. The molecule has 1 rings (SSSR count). The van der Waals surface area contributed by atoms with Gasteiger partial charge in [-0.1, -0.05) is 84.0 Å². The summed E-state index contributed by atoms with van der Waals surface area (Å²) >= 11 is 0. The van der Waals surface area contributed by atoms with Crippen LogP contribution in [-0.2, 0) is 25.6 Å². The smallest absolute Gasteiger partial charge is 0.480 e. The summed E-state index contributed by atoms with van der Waals surface area (Å²) in [5, 5.41) is 21.4. The number of nitrogens with zero attached hydrogens (tertiary/aromatic N) is 1. The van der Waals surface area contributed by atoms with Crippen LogP contribution in [-0.4, -0.2) is 62.7 Å². The van der Waals surface area contributed by atoms with Crippen molar-refractivity contribution in [1.29, 1.82) is 0 Å². The molecule has 0 aliphatic carbocycles. The number of amides is 2. The average Bonchev–Trinajstić information content (AvgIpc) is 3.38. The van der Waals surface area contributed by atoms with Gasteiger partial charge in [0.05, 0.1) is 12.9 Å². The predicted octanol–water partition coefficient (Wildman–Crippen LogP) is 4.75. The van der Waals surface area contributed by atoms with Crippen LogP contribution < -0.4 is 10.6 Å². The Morgan fingerprint density at radius 1 is 0.872 bits per heavy atom. The number of H-pyrrole nitrogens is 1. The molecular formula is C26H43F3N4O6. The number of carboxylic acid groups (broad SMARTS) is 2. The Morgan fingerprint density at radius 3 is 1.77 bits per heavy atom. The lowest BCUT2D eigenvalue weighted by atomic mass is 10.0. The topological polar surface area (TPSA) is 161 Å². The number of nitrogens with one attached hydrogen (secondary N) is 3. The molecule has 0 aliphatic heterocycles. The molecule has 0 aromatic carbocycles. The summed E-state index contributed by atoms with van der Waals surface area (Å²) in [6.07, 6.45) is 14.6. The van der Waals surface area contributed by atoms with Gasteiger partial charge in [-0.25, -0.2) is 14.6 Å². The molecule has 1 aromatic heterocycles. The lowest BCUT2D eigenvalue weighted by Gasteiger charge is -2.14. The zero-order chi connectivity index (χ0) is 29.5. The number of carbonyl (C=O) groups excluding carboxylic acids is 2. The summed E-state index contributed by atoms with van der Waals surface area (Å²) in [6.45, 7) is 2.03. The van der Waals surface area contributed by atoms with E-state index in [0.717, 1.165) is 19.3 Å². The summed E-state index contributed by atoms with van der Waals surface area (Å²) in [4.78, 5) is 50.7. The number of rotatable bonds is 20. The third-order valence-corrected chi connectivity index (χ3v) is 5.81. The summed E-state index contributed by atoms with van der Waals surface area (Å²) in [5.74, 6) is -4.59. The zero-order valence-electron chi connectivity index (χ0n) is 22.7. The number of halogens is 3. The fraction of sp³-hybridized carbons (Fsp3) is 0.731. The standard InChI is InChI=1S/C24H42N4O4.C2HF3O2/c1-2-3-4-5-6-7-8-9-10-11-12-13-14-15-22(29)26-18-23(30)28-21(24(31)32)16-20-17-25-19-27-20;3-2(4,5)1(6)7/h17,19,21H,2-16,18H2,1H3,(H,25,27)(H,26,29)(H,28,30)(H,31,32);(H,6,7)/t21-;/m0./s1. The number of aromatic nitrogens is 2. The van der Waals surface area contributed by atoms with E-state index in [1.807, 2.05) is 0 Å². The SMILES string of the molecule is CCCCCCCCCCCCCCCC(=O)NCC(=O)N[C@@H](Cc1cnc[nH]1)C(=O)O.O=C(O)C(F)(F)F. The molecule has 0 aliphatic rings. The van der Waals surface area contributed by atoms with Gasteiger partial charge in [-0.15, -0.1) is 0 Å². The number of carboxylic acids is 2. The number of hydrogen-bond donors (Lipinski definition) is 5. The fourth-order valence-corrected chi connectivity index (χ4v) is 3.63. The number of alkyl halides is 3. The van der Waals surface area contributed by atoms with E-state index in [2.05, 4.69) is 27.5 Å². The van der Waals surface area contributed by atoms with Crippen LogP contribution in [0.4, 0.5) is 13.2 Å². The van der Waals surface area contributed by atoms with E-state index in [0.29, 0.717) is 12.1 Å². The number of carbonyl (C=O) groups is 4. The molecular weight excluding hydrogens is 521 g/mol. The minimum atomic E-state index is -5.08. The molecule has 0 saturated heterocycles. The maximum Gasteiger partial charge on any atom is 0.490 e. The molecule has 0 fully saturated rings. The molecule has 0 saturated carbocycles. The van der Waals surface area contributed by atoms with E-state index in [4.69, 9.17) is 9.90 Å². The first-order valence-corrected chi connectivity index (χ1v) is 13.5. The van der Waals surface area contributed by atoms with E-state index in [1.165, 1.54) is 76.7 Å². The van der Waals surface area contributed by atoms with Gasteiger partial charge in [0.15, 0.2) is 0 Å². The molecule has 10 nitrogen and oxygen atoms in total. The molecule has 0 radical (unpaired) electrons. The second kappa shape index (κ2) is 21.8. The third kappa shape index (κ3) is 21.5. The highest BCUT2D eigenvalue weighted by Crippen LogP contribution is 2.14. The molecule has 1 aromatic rings. The van der Waals surface area contributed by atoms with Crippen molar-refractivity contribution in [2.75, 3.05) is 6.54 Å². The van der Waals surface area contributed by atoms with E-state index in [9.17, 15) is 32.7 Å². The van der Waals surface area contributed by atoms with Gasteiger partial charge in [-0.05, 0) is 6.42 Å².